The van der Waals surface area contributed by atoms with Crippen LogP contribution in [0.15, 0.2) is 30.5 Å². The van der Waals surface area contributed by atoms with Gasteiger partial charge in [0.25, 0.3) is 0 Å². The van der Waals surface area contributed by atoms with Gasteiger partial charge in [-0.3, -0.25) is 14.4 Å². The summed E-state index contributed by atoms with van der Waals surface area (Å²) in [6.07, 6.45) is 1.22. The van der Waals surface area contributed by atoms with Gasteiger partial charge in [-0.05, 0) is 62.4 Å². The Balaban J connectivity index is 1.45. The number of likely N-dealkylation sites (tertiary alicyclic amines) is 2. The van der Waals surface area contributed by atoms with Gasteiger partial charge in [-0.1, -0.05) is 6.92 Å². The molecule has 0 bridgehead atoms. The first-order valence-corrected chi connectivity index (χ1v) is 15.7. The number of amides is 1. The van der Waals surface area contributed by atoms with Gasteiger partial charge in [-0.25, -0.2) is 13.2 Å². The fourth-order valence-electron chi connectivity index (χ4n) is 5.75. The van der Waals surface area contributed by atoms with Gasteiger partial charge in [-0.2, -0.15) is 17.9 Å². The number of aliphatic carboxylic acids is 1. The number of carbonyl (C=O) groups is 2. The Morgan fingerprint density at radius 3 is 2.48 bits per heavy atom. The molecule has 2 aliphatic heterocycles. The average Bonchev–Trinajstić information content (AvgIpc) is 3.52. The van der Waals surface area contributed by atoms with E-state index >= 15 is 0 Å². The number of sulfonamides is 1. The third kappa shape index (κ3) is 7.54. The van der Waals surface area contributed by atoms with Gasteiger partial charge < -0.3 is 14.9 Å². The number of nitrogens with zero attached hydrogens (tertiary/aromatic N) is 5. The van der Waals surface area contributed by atoms with Crippen molar-refractivity contribution >= 4 is 33.5 Å². The Labute approximate surface area is 243 Å². The quantitative estimate of drug-likeness (QED) is 0.435. The molecule has 42 heavy (non-hydrogen) atoms. The number of carbonyl (C=O) groups excluding carboxylic acids is 1. The van der Waals surface area contributed by atoms with Crippen molar-refractivity contribution in [1.29, 1.82) is 0 Å². The van der Waals surface area contributed by atoms with Crippen molar-refractivity contribution in [3.63, 3.8) is 0 Å². The van der Waals surface area contributed by atoms with Crippen LogP contribution >= 0.6 is 0 Å². The number of halogens is 3. The van der Waals surface area contributed by atoms with Crippen molar-refractivity contribution in [3.05, 3.63) is 41.6 Å². The van der Waals surface area contributed by atoms with E-state index in [1.54, 1.807) is 29.8 Å². The molecular weight excluding hydrogens is 577 g/mol. The lowest BCUT2D eigenvalue weighted by molar-refractivity contribution is -0.141. The summed E-state index contributed by atoms with van der Waals surface area (Å²) in [5.74, 6) is -1.51. The maximum absolute atomic E-state index is 13.8. The van der Waals surface area contributed by atoms with Crippen LogP contribution < -0.4 is 9.62 Å². The van der Waals surface area contributed by atoms with Crippen LogP contribution in [-0.2, 0) is 27.5 Å². The van der Waals surface area contributed by atoms with Gasteiger partial charge in [0.05, 0.1) is 17.7 Å². The van der Waals surface area contributed by atoms with Crippen LogP contribution in [-0.4, -0.2) is 90.1 Å². The molecule has 11 nitrogen and oxygen atoms in total. The lowest BCUT2D eigenvalue weighted by atomic mass is 9.84. The first kappa shape index (κ1) is 31.6. The summed E-state index contributed by atoms with van der Waals surface area (Å²) in [5.41, 5.74) is -0.0813. The Kier molecular flexibility index (Phi) is 9.11. The van der Waals surface area contributed by atoms with Crippen LogP contribution in [0.1, 0.15) is 50.2 Å². The van der Waals surface area contributed by atoms with Crippen molar-refractivity contribution in [2.75, 3.05) is 49.1 Å². The molecule has 2 fully saturated rings. The highest BCUT2D eigenvalue weighted by Gasteiger charge is 2.44. The van der Waals surface area contributed by atoms with Gasteiger partial charge in [0.1, 0.15) is 0 Å². The summed E-state index contributed by atoms with van der Waals surface area (Å²) >= 11 is 0. The Morgan fingerprint density at radius 2 is 1.86 bits per heavy atom. The maximum Gasteiger partial charge on any atom is 0.416 e. The molecule has 1 atom stereocenters. The molecule has 0 aliphatic carbocycles. The van der Waals surface area contributed by atoms with Crippen LogP contribution in [0, 0.1) is 5.92 Å². The van der Waals surface area contributed by atoms with Gasteiger partial charge in [-0.15, -0.1) is 5.10 Å². The molecule has 0 saturated carbocycles. The smallest absolute Gasteiger partial charge is 0.416 e. The molecule has 1 aromatic heterocycles. The molecule has 2 N–H and O–H groups in total. The molecule has 1 aromatic carbocycles. The lowest BCUT2D eigenvalue weighted by Crippen LogP contribution is -2.53. The van der Waals surface area contributed by atoms with Gasteiger partial charge in [0, 0.05) is 56.7 Å². The minimum Gasteiger partial charge on any atom is -0.481 e. The third-order valence-electron chi connectivity index (χ3n) is 8.22. The fraction of sp³-hybridized carbons (Fsp3) is 0.593. The predicted molar refractivity (Wildman–Crippen MR) is 151 cm³/mol. The maximum atomic E-state index is 13.8. The second-order valence-electron chi connectivity index (χ2n) is 11.4. The minimum atomic E-state index is -4.53. The predicted octanol–water partition coefficient (Wildman–Crippen LogP) is 3.92. The van der Waals surface area contributed by atoms with E-state index in [4.69, 9.17) is 5.11 Å². The van der Waals surface area contributed by atoms with Crippen LogP contribution in [0.3, 0.4) is 0 Å². The molecule has 2 aromatic rings. The third-order valence-corrected chi connectivity index (χ3v) is 8.80. The number of rotatable bonds is 9. The molecule has 0 radical (unpaired) electrons. The highest BCUT2D eigenvalue weighted by Crippen LogP contribution is 2.40. The second kappa shape index (κ2) is 12.1. The number of nitrogens with one attached hydrogen (secondary N) is 1. The molecule has 2 saturated heterocycles. The number of carboxylic acids is 1. The zero-order valence-corrected chi connectivity index (χ0v) is 24.7. The van der Waals surface area contributed by atoms with Crippen molar-refractivity contribution in [3.8, 4) is 0 Å². The number of benzene rings is 1. The van der Waals surface area contributed by atoms with Gasteiger partial charge >= 0.3 is 18.2 Å². The Morgan fingerprint density at radius 1 is 1.17 bits per heavy atom. The van der Waals surface area contributed by atoms with E-state index in [1.807, 2.05) is 0 Å². The number of carboxylic acid groups (broad SMARTS) is 1. The summed E-state index contributed by atoms with van der Waals surface area (Å²) in [6, 6.07) is 5.05. The van der Waals surface area contributed by atoms with Gasteiger partial charge in [0.15, 0.2) is 5.82 Å². The summed E-state index contributed by atoms with van der Waals surface area (Å²) in [6.45, 7) is 3.79. The molecule has 15 heteroatoms. The van der Waals surface area contributed by atoms with Crippen LogP contribution in [0.4, 0.5) is 29.5 Å². The standard InChI is InChI=1S/C27H37F3N6O5S/c1-19(24(37)38)5-11-33(2)22-16-20(15-21(17-22)27(28,29)30)18-35-10-4-7-26(35)8-13-34(14-9-26)25(39)36-12-6-23(31-36)32-42(3,40)41/h6,12,15-17,19H,4-5,7-11,13-14,18H2,1-3H3,(H,31,32)(H,37,38). The number of hydrogen-bond donors (Lipinski definition) is 2. The highest BCUT2D eigenvalue weighted by molar-refractivity contribution is 7.92. The first-order chi connectivity index (χ1) is 19.6. The lowest BCUT2D eigenvalue weighted by Gasteiger charge is -2.45. The van der Waals surface area contributed by atoms with E-state index in [0.717, 1.165) is 36.4 Å². The number of anilines is 2. The molecule has 1 amide bonds. The van der Waals surface area contributed by atoms with E-state index in [2.05, 4.69) is 14.7 Å². The number of piperidine rings is 1. The van der Waals surface area contributed by atoms with Crippen molar-refractivity contribution < 1.29 is 36.3 Å². The van der Waals surface area contributed by atoms with Crippen LogP contribution in [0.5, 0.6) is 0 Å². The number of aromatic nitrogens is 2. The van der Waals surface area contributed by atoms with E-state index in [-0.39, 0.29) is 17.4 Å². The molecule has 2 aliphatic rings. The van der Waals surface area contributed by atoms with Crippen LogP contribution in [0.2, 0.25) is 0 Å². The zero-order valence-electron chi connectivity index (χ0n) is 23.9. The fourth-order valence-corrected chi connectivity index (χ4v) is 6.24. The summed E-state index contributed by atoms with van der Waals surface area (Å²) in [7, 11) is -1.87. The van der Waals surface area contributed by atoms with Gasteiger partial charge in [0.2, 0.25) is 10.0 Å². The number of hydrogen-bond acceptors (Lipinski definition) is 7. The largest absolute Gasteiger partial charge is 0.481 e. The molecule has 232 valence electrons. The molecule has 4 rings (SSSR count). The summed E-state index contributed by atoms with van der Waals surface area (Å²) < 4.78 is 67.8. The van der Waals surface area contributed by atoms with E-state index in [1.165, 1.54) is 18.3 Å². The number of alkyl halides is 3. The molecule has 1 unspecified atom stereocenters. The Hall–Kier alpha value is -3.33. The SMILES string of the molecule is CC(CCN(C)c1cc(CN2CCCC23CCN(C(=O)n2ccc(NS(C)(=O)=O)n2)CC3)cc(C(F)(F)F)c1)C(=O)O. The monoisotopic (exact) mass is 614 g/mol. The molecule has 1 spiro atoms. The van der Waals surface area contributed by atoms with Crippen molar-refractivity contribution in [2.45, 2.75) is 57.3 Å². The average molecular weight is 615 g/mol. The normalized spacial score (nSPS) is 18.3. The molecular formula is C27H37F3N6O5S. The minimum absolute atomic E-state index is 0.0452. The van der Waals surface area contributed by atoms with E-state index < -0.39 is 33.7 Å². The van der Waals surface area contributed by atoms with Crippen molar-refractivity contribution in [2.24, 2.45) is 5.92 Å². The summed E-state index contributed by atoms with van der Waals surface area (Å²) in [5, 5.41) is 13.2. The first-order valence-electron chi connectivity index (χ1n) is 13.8. The summed E-state index contributed by atoms with van der Waals surface area (Å²) in [4.78, 5) is 29.7. The second-order valence-corrected chi connectivity index (χ2v) is 13.1. The van der Waals surface area contributed by atoms with E-state index in [9.17, 15) is 31.2 Å². The zero-order chi connectivity index (χ0) is 30.9. The van der Waals surface area contributed by atoms with Crippen LogP contribution in [0.25, 0.3) is 0 Å². The topological polar surface area (TPSA) is 128 Å². The molecule has 3 heterocycles. The van der Waals surface area contributed by atoms with E-state index in [0.29, 0.717) is 56.7 Å². The highest BCUT2D eigenvalue weighted by atomic mass is 32.2. The van der Waals surface area contributed by atoms with Crippen molar-refractivity contribution in [1.82, 2.24) is 19.6 Å². The Bertz CT molecular complexity index is 1410.